The Labute approximate surface area is 133 Å². The summed E-state index contributed by atoms with van der Waals surface area (Å²) in [6.07, 6.45) is 6.04. The van der Waals surface area contributed by atoms with Gasteiger partial charge in [0.1, 0.15) is 0 Å². The van der Waals surface area contributed by atoms with Gasteiger partial charge in [0.15, 0.2) is 0 Å². The highest BCUT2D eigenvalue weighted by atomic mass is 32.1. The number of thiophene rings is 1. The van der Waals surface area contributed by atoms with Crippen LogP contribution in [0.2, 0.25) is 0 Å². The summed E-state index contributed by atoms with van der Waals surface area (Å²) in [4.78, 5) is 0. The van der Waals surface area contributed by atoms with Crippen LogP contribution in [0.5, 0.6) is 0 Å². The van der Waals surface area contributed by atoms with Crippen molar-refractivity contribution in [2.24, 2.45) is 0 Å². The van der Waals surface area contributed by atoms with E-state index in [4.69, 9.17) is 0 Å². The standard InChI is InChI=1S/C19H27NS/c1-3-12-20-19(10-8-18-11-13-21-15-18)9-7-17-6-4-5-16(2)14-17/h4-6,11,13-15,19-20H,3,7-10,12H2,1-2H3. The van der Waals surface area contributed by atoms with Gasteiger partial charge in [0.2, 0.25) is 0 Å². The fraction of sp³-hybridized carbons (Fsp3) is 0.474. The highest BCUT2D eigenvalue weighted by Crippen LogP contribution is 2.14. The van der Waals surface area contributed by atoms with Crippen molar-refractivity contribution in [3.63, 3.8) is 0 Å². The lowest BCUT2D eigenvalue weighted by molar-refractivity contribution is 0.453. The molecular formula is C19H27NS. The number of aryl methyl sites for hydroxylation is 3. The maximum atomic E-state index is 3.72. The smallest absolute Gasteiger partial charge is 0.00733 e. The van der Waals surface area contributed by atoms with E-state index in [0.29, 0.717) is 6.04 Å². The lowest BCUT2D eigenvalue weighted by Gasteiger charge is -2.18. The van der Waals surface area contributed by atoms with Gasteiger partial charge in [-0.3, -0.25) is 0 Å². The molecule has 1 unspecified atom stereocenters. The first-order valence-corrected chi connectivity index (χ1v) is 9.02. The summed E-state index contributed by atoms with van der Waals surface area (Å²) in [5.74, 6) is 0. The number of benzene rings is 1. The predicted molar refractivity (Wildman–Crippen MR) is 94.2 cm³/mol. The van der Waals surface area contributed by atoms with Gasteiger partial charge in [0, 0.05) is 6.04 Å². The van der Waals surface area contributed by atoms with Crippen LogP contribution in [0.25, 0.3) is 0 Å². The largest absolute Gasteiger partial charge is 0.314 e. The number of nitrogens with one attached hydrogen (secondary N) is 1. The third-order valence-electron chi connectivity index (χ3n) is 3.91. The van der Waals surface area contributed by atoms with E-state index in [-0.39, 0.29) is 0 Å². The van der Waals surface area contributed by atoms with E-state index in [9.17, 15) is 0 Å². The van der Waals surface area contributed by atoms with Crippen LogP contribution in [-0.2, 0) is 12.8 Å². The van der Waals surface area contributed by atoms with Crippen LogP contribution >= 0.6 is 11.3 Å². The van der Waals surface area contributed by atoms with Gasteiger partial charge in [-0.25, -0.2) is 0 Å². The molecule has 114 valence electrons. The molecule has 0 spiro atoms. The van der Waals surface area contributed by atoms with Gasteiger partial charge in [-0.2, -0.15) is 11.3 Å². The molecular weight excluding hydrogens is 274 g/mol. The summed E-state index contributed by atoms with van der Waals surface area (Å²) in [5.41, 5.74) is 4.32. The summed E-state index contributed by atoms with van der Waals surface area (Å²) < 4.78 is 0. The van der Waals surface area contributed by atoms with E-state index in [2.05, 4.69) is 60.3 Å². The van der Waals surface area contributed by atoms with Crippen molar-refractivity contribution in [3.05, 3.63) is 57.8 Å². The van der Waals surface area contributed by atoms with Gasteiger partial charge < -0.3 is 5.32 Å². The van der Waals surface area contributed by atoms with Gasteiger partial charge in [-0.05, 0) is 73.5 Å². The summed E-state index contributed by atoms with van der Waals surface area (Å²) in [7, 11) is 0. The van der Waals surface area contributed by atoms with Crippen LogP contribution in [0.4, 0.5) is 0 Å². The van der Waals surface area contributed by atoms with E-state index >= 15 is 0 Å². The van der Waals surface area contributed by atoms with Crippen molar-refractivity contribution in [3.8, 4) is 0 Å². The highest BCUT2D eigenvalue weighted by molar-refractivity contribution is 7.07. The topological polar surface area (TPSA) is 12.0 Å². The summed E-state index contributed by atoms with van der Waals surface area (Å²) in [5, 5.41) is 8.17. The first kappa shape index (κ1) is 16.3. The molecule has 0 saturated carbocycles. The van der Waals surface area contributed by atoms with Gasteiger partial charge in [-0.15, -0.1) is 0 Å². The maximum absolute atomic E-state index is 3.72. The molecule has 1 nitrogen and oxygen atoms in total. The predicted octanol–water partition coefficient (Wildman–Crippen LogP) is 4.99. The molecule has 2 heteroatoms. The average Bonchev–Trinajstić information content (AvgIpc) is 3.00. The van der Waals surface area contributed by atoms with Crippen LogP contribution in [0.3, 0.4) is 0 Å². The normalized spacial score (nSPS) is 12.5. The molecule has 2 rings (SSSR count). The minimum atomic E-state index is 0.630. The second kappa shape index (κ2) is 9.01. The zero-order valence-electron chi connectivity index (χ0n) is 13.3. The molecule has 0 fully saturated rings. The first-order valence-electron chi connectivity index (χ1n) is 8.08. The number of rotatable bonds is 9. The molecule has 1 heterocycles. The fourth-order valence-electron chi connectivity index (χ4n) is 2.68. The number of hydrogen-bond donors (Lipinski definition) is 1. The van der Waals surface area contributed by atoms with Gasteiger partial charge in [0.25, 0.3) is 0 Å². The van der Waals surface area contributed by atoms with E-state index in [1.807, 2.05) is 0 Å². The quantitative estimate of drug-likeness (QED) is 0.688. The van der Waals surface area contributed by atoms with Crippen molar-refractivity contribution in [1.29, 1.82) is 0 Å². The highest BCUT2D eigenvalue weighted by Gasteiger charge is 2.09. The van der Waals surface area contributed by atoms with Crippen LogP contribution in [0.1, 0.15) is 42.9 Å². The Morgan fingerprint density at radius 2 is 1.90 bits per heavy atom. The Kier molecular flexibility index (Phi) is 6.98. The average molecular weight is 301 g/mol. The third kappa shape index (κ3) is 6.03. The molecule has 0 amide bonds. The third-order valence-corrected chi connectivity index (χ3v) is 4.64. The van der Waals surface area contributed by atoms with Crippen LogP contribution < -0.4 is 5.32 Å². The van der Waals surface area contributed by atoms with E-state index in [0.717, 1.165) is 6.54 Å². The molecule has 0 bridgehead atoms. The molecule has 1 aromatic heterocycles. The zero-order valence-corrected chi connectivity index (χ0v) is 14.1. The number of hydrogen-bond acceptors (Lipinski definition) is 2. The summed E-state index contributed by atoms with van der Waals surface area (Å²) in [6.45, 7) is 5.54. The van der Waals surface area contributed by atoms with Gasteiger partial charge >= 0.3 is 0 Å². The Morgan fingerprint density at radius 1 is 1.10 bits per heavy atom. The van der Waals surface area contributed by atoms with E-state index in [1.54, 1.807) is 11.3 Å². The molecule has 0 radical (unpaired) electrons. The SMILES string of the molecule is CCCNC(CCc1ccsc1)CCc1cccc(C)c1. The van der Waals surface area contributed by atoms with Crippen LogP contribution in [0, 0.1) is 6.92 Å². The zero-order chi connectivity index (χ0) is 14.9. The molecule has 0 aliphatic carbocycles. The van der Waals surface area contributed by atoms with Crippen molar-refractivity contribution < 1.29 is 0 Å². The van der Waals surface area contributed by atoms with Gasteiger partial charge in [-0.1, -0.05) is 36.8 Å². The molecule has 21 heavy (non-hydrogen) atoms. The van der Waals surface area contributed by atoms with Crippen molar-refractivity contribution >= 4 is 11.3 Å². The van der Waals surface area contributed by atoms with Crippen molar-refractivity contribution in [2.45, 2.75) is 52.0 Å². The second-order valence-corrected chi connectivity index (χ2v) is 6.63. The molecule has 1 aromatic carbocycles. The molecule has 1 N–H and O–H groups in total. The summed E-state index contributed by atoms with van der Waals surface area (Å²) >= 11 is 1.80. The Balaban J connectivity index is 1.83. The Bertz CT molecular complexity index is 504. The minimum absolute atomic E-state index is 0.630. The molecule has 0 saturated heterocycles. The molecule has 2 aromatic rings. The monoisotopic (exact) mass is 301 g/mol. The lowest BCUT2D eigenvalue weighted by Crippen LogP contribution is -2.30. The van der Waals surface area contributed by atoms with Crippen molar-refractivity contribution in [2.75, 3.05) is 6.54 Å². The Hall–Kier alpha value is -1.12. The summed E-state index contributed by atoms with van der Waals surface area (Å²) in [6, 6.07) is 11.8. The molecule has 0 aliphatic heterocycles. The van der Waals surface area contributed by atoms with E-state index < -0.39 is 0 Å². The van der Waals surface area contributed by atoms with E-state index in [1.165, 1.54) is 48.8 Å². The van der Waals surface area contributed by atoms with Crippen LogP contribution in [-0.4, -0.2) is 12.6 Å². The second-order valence-electron chi connectivity index (χ2n) is 5.85. The van der Waals surface area contributed by atoms with Crippen LogP contribution in [0.15, 0.2) is 41.1 Å². The van der Waals surface area contributed by atoms with Gasteiger partial charge in [0.05, 0.1) is 0 Å². The lowest BCUT2D eigenvalue weighted by atomic mass is 9.99. The molecule has 0 aliphatic rings. The fourth-order valence-corrected chi connectivity index (χ4v) is 3.38. The van der Waals surface area contributed by atoms with Crippen molar-refractivity contribution in [1.82, 2.24) is 5.32 Å². The Morgan fingerprint density at radius 3 is 2.57 bits per heavy atom. The maximum Gasteiger partial charge on any atom is 0.00733 e. The molecule has 1 atom stereocenters. The minimum Gasteiger partial charge on any atom is -0.314 e. The first-order chi connectivity index (χ1) is 10.3.